The van der Waals surface area contributed by atoms with Gasteiger partial charge in [0.25, 0.3) is 5.91 Å². The summed E-state index contributed by atoms with van der Waals surface area (Å²) in [5.41, 5.74) is 3.33. The molecule has 7 heteroatoms. The fourth-order valence-corrected chi connectivity index (χ4v) is 3.41. The lowest BCUT2D eigenvalue weighted by Crippen LogP contribution is -2.21. The Bertz CT molecular complexity index is 1330. The number of hydrogen-bond donors (Lipinski definition) is 1. The summed E-state index contributed by atoms with van der Waals surface area (Å²) in [6, 6.07) is 24.7. The van der Waals surface area contributed by atoms with E-state index in [0.29, 0.717) is 33.4 Å². The SMILES string of the molecule is CCOC(=O)c1ccc(NC(=O)COC(=O)c2cc(-c3ccccc3)nc3ccccc23)cc1. The first-order valence-corrected chi connectivity index (χ1v) is 10.7. The normalized spacial score (nSPS) is 10.5. The molecule has 34 heavy (non-hydrogen) atoms. The number of rotatable bonds is 7. The van der Waals surface area contributed by atoms with Crippen molar-refractivity contribution < 1.29 is 23.9 Å². The molecule has 7 nitrogen and oxygen atoms in total. The molecule has 1 amide bonds. The number of esters is 2. The van der Waals surface area contributed by atoms with Gasteiger partial charge in [-0.3, -0.25) is 4.79 Å². The number of fused-ring (bicyclic) bond motifs is 1. The molecule has 1 aromatic heterocycles. The molecule has 0 aliphatic carbocycles. The van der Waals surface area contributed by atoms with Crippen LogP contribution in [0.5, 0.6) is 0 Å². The van der Waals surface area contributed by atoms with Gasteiger partial charge < -0.3 is 14.8 Å². The molecule has 4 rings (SSSR count). The molecule has 0 aliphatic rings. The molecular weight excluding hydrogens is 432 g/mol. The molecule has 0 saturated heterocycles. The van der Waals surface area contributed by atoms with E-state index in [9.17, 15) is 14.4 Å². The maximum Gasteiger partial charge on any atom is 0.339 e. The second-order valence-corrected chi connectivity index (χ2v) is 7.36. The second-order valence-electron chi connectivity index (χ2n) is 7.36. The molecule has 0 radical (unpaired) electrons. The summed E-state index contributed by atoms with van der Waals surface area (Å²) >= 11 is 0. The summed E-state index contributed by atoms with van der Waals surface area (Å²) in [6.07, 6.45) is 0. The summed E-state index contributed by atoms with van der Waals surface area (Å²) in [5, 5.41) is 3.28. The predicted octanol–water partition coefficient (Wildman–Crippen LogP) is 4.87. The molecule has 0 fully saturated rings. The van der Waals surface area contributed by atoms with E-state index in [1.165, 1.54) is 0 Å². The van der Waals surface area contributed by atoms with E-state index in [4.69, 9.17) is 9.47 Å². The molecule has 3 aromatic carbocycles. The van der Waals surface area contributed by atoms with Gasteiger partial charge in [-0.15, -0.1) is 0 Å². The summed E-state index contributed by atoms with van der Waals surface area (Å²) < 4.78 is 10.2. The van der Waals surface area contributed by atoms with Crippen LogP contribution in [0.1, 0.15) is 27.6 Å². The van der Waals surface area contributed by atoms with Crippen LogP contribution < -0.4 is 5.32 Å². The quantitative estimate of drug-likeness (QED) is 0.400. The number of carbonyl (C=O) groups excluding carboxylic acids is 3. The third-order valence-electron chi connectivity index (χ3n) is 5.02. The monoisotopic (exact) mass is 454 g/mol. The summed E-state index contributed by atoms with van der Waals surface area (Å²) in [7, 11) is 0. The zero-order valence-corrected chi connectivity index (χ0v) is 18.5. The standard InChI is InChI=1S/C27H22N2O5/c1-2-33-26(31)19-12-14-20(15-13-19)28-25(30)17-34-27(32)22-16-24(18-8-4-3-5-9-18)29-23-11-7-6-10-21(22)23/h3-16H,2,17H2,1H3,(H,28,30). The minimum atomic E-state index is -0.622. The van der Waals surface area contributed by atoms with Crippen molar-refractivity contribution in [1.82, 2.24) is 4.98 Å². The zero-order valence-electron chi connectivity index (χ0n) is 18.5. The third kappa shape index (κ3) is 5.27. The number of para-hydroxylation sites is 1. The molecule has 0 saturated carbocycles. The van der Waals surface area contributed by atoms with E-state index in [1.807, 2.05) is 48.5 Å². The molecule has 0 bridgehead atoms. The van der Waals surface area contributed by atoms with Gasteiger partial charge in [-0.2, -0.15) is 0 Å². The van der Waals surface area contributed by atoms with Crippen LogP contribution in [0.2, 0.25) is 0 Å². The number of anilines is 1. The highest BCUT2D eigenvalue weighted by Crippen LogP contribution is 2.25. The van der Waals surface area contributed by atoms with Crippen LogP contribution in [0.25, 0.3) is 22.2 Å². The number of carbonyl (C=O) groups is 3. The lowest BCUT2D eigenvalue weighted by molar-refractivity contribution is -0.119. The number of ether oxygens (including phenoxy) is 2. The van der Waals surface area contributed by atoms with E-state index in [2.05, 4.69) is 10.3 Å². The number of benzene rings is 3. The minimum Gasteiger partial charge on any atom is -0.462 e. The number of amides is 1. The second kappa shape index (κ2) is 10.4. The van der Waals surface area contributed by atoms with Gasteiger partial charge in [0, 0.05) is 16.6 Å². The topological polar surface area (TPSA) is 94.6 Å². The number of pyridine rings is 1. The number of aromatic nitrogens is 1. The van der Waals surface area contributed by atoms with Gasteiger partial charge in [-0.1, -0.05) is 48.5 Å². The lowest BCUT2D eigenvalue weighted by Gasteiger charge is -2.11. The Morgan fingerprint density at radius 1 is 0.824 bits per heavy atom. The Kier molecular flexibility index (Phi) is 6.93. The molecule has 0 atom stereocenters. The Balaban J connectivity index is 1.46. The van der Waals surface area contributed by atoms with E-state index in [1.54, 1.807) is 43.3 Å². The van der Waals surface area contributed by atoms with Crippen molar-refractivity contribution in [2.45, 2.75) is 6.92 Å². The first-order valence-electron chi connectivity index (χ1n) is 10.7. The van der Waals surface area contributed by atoms with Crippen molar-refractivity contribution in [1.29, 1.82) is 0 Å². The van der Waals surface area contributed by atoms with Crippen LogP contribution in [-0.4, -0.2) is 36.0 Å². The molecule has 170 valence electrons. The van der Waals surface area contributed by atoms with Gasteiger partial charge in [0.15, 0.2) is 6.61 Å². The van der Waals surface area contributed by atoms with Crippen molar-refractivity contribution in [3.05, 3.63) is 96.1 Å². The van der Waals surface area contributed by atoms with Gasteiger partial charge in [0.05, 0.1) is 28.9 Å². The molecule has 4 aromatic rings. The number of nitrogens with zero attached hydrogens (tertiary/aromatic N) is 1. The van der Waals surface area contributed by atoms with E-state index in [0.717, 1.165) is 5.56 Å². The fraction of sp³-hybridized carbons (Fsp3) is 0.111. The predicted molar refractivity (Wildman–Crippen MR) is 128 cm³/mol. The summed E-state index contributed by atoms with van der Waals surface area (Å²) in [4.78, 5) is 41.6. The minimum absolute atomic E-state index is 0.280. The Morgan fingerprint density at radius 3 is 2.26 bits per heavy atom. The first-order chi connectivity index (χ1) is 16.5. The van der Waals surface area contributed by atoms with E-state index >= 15 is 0 Å². The van der Waals surface area contributed by atoms with Crippen molar-refractivity contribution >= 4 is 34.4 Å². The molecule has 1 heterocycles. The highest BCUT2D eigenvalue weighted by molar-refractivity contribution is 6.05. The van der Waals surface area contributed by atoms with E-state index < -0.39 is 24.5 Å². The van der Waals surface area contributed by atoms with Crippen LogP contribution in [0.15, 0.2) is 84.9 Å². The summed E-state index contributed by atoms with van der Waals surface area (Å²) in [6.45, 7) is 1.54. The maximum absolute atomic E-state index is 12.9. The smallest absolute Gasteiger partial charge is 0.339 e. The van der Waals surface area contributed by atoms with Crippen LogP contribution in [0.3, 0.4) is 0 Å². The lowest BCUT2D eigenvalue weighted by atomic mass is 10.0. The van der Waals surface area contributed by atoms with Crippen LogP contribution in [0, 0.1) is 0 Å². The highest BCUT2D eigenvalue weighted by atomic mass is 16.5. The highest BCUT2D eigenvalue weighted by Gasteiger charge is 2.17. The molecule has 1 N–H and O–H groups in total. The maximum atomic E-state index is 12.9. The van der Waals surface area contributed by atoms with Crippen molar-refractivity contribution in [2.24, 2.45) is 0 Å². The van der Waals surface area contributed by atoms with Crippen molar-refractivity contribution in [2.75, 3.05) is 18.5 Å². The molecule has 0 spiro atoms. The summed E-state index contributed by atoms with van der Waals surface area (Å²) in [5.74, 6) is -1.56. The van der Waals surface area contributed by atoms with E-state index in [-0.39, 0.29) is 6.61 Å². The van der Waals surface area contributed by atoms with Crippen LogP contribution in [0.4, 0.5) is 5.69 Å². The van der Waals surface area contributed by atoms with Gasteiger partial charge in [-0.25, -0.2) is 14.6 Å². The Morgan fingerprint density at radius 2 is 1.53 bits per heavy atom. The number of hydrogen-bond acceptors (Lipinski definition) is 6. The van der Waals surface area contributed by atoms with Crippen molar-refractivity contribution in [3.8, 4) is 11.3 Å². The average Bonchev–Trinajstić information content (AvgIpc) is 2.87. The molecular formula is C27H22N2O5. The van der Waals surface area contributed by atoms with Gasteiger partial charge in [0.2, 0.25) is 0 Å². The largest absolute Gasteiger partial charge is 0.462 e. The molecule has 0 unspecified atom stereocenters. The van der Waals surface area contributed by atoms with Gasteiger partial charge in [0.1, 0.15) is 0 Å². The third-order valence-corrected chi connectivity index (χ3v) is 5.02. The Labute approximate surface area is 196 Å². The van der Waals surface area contributed by atoms with Crippen molar-refractivity contribution in [3.63, 3.8) is 0 Å². The van der Waals surface area contributed by atoms with Gasteiger partial charge in [-0.05, 0) is 43.3 Å². The molecule has 0 aliphatic heterocycles. The average molecular weight is 454 g/mol. The fourth-order valence-electron chi connectivity index (χ4n) is 3.41. The van der Waals surface area contributed by atoms with Gasteiger partial charge >= 0.3 is 11.9 Å². The van der Waals surface area contributed by atoms with Crippen LogP contribution in [-0.2, 0) is 14.3 Å². The Hall–Kier alpha value is -4.52. The number of nitrogens with one attached hydrogen (secondary N) is 1. The first kappa shape index (κ1) is 22.7. The zero-order chi connectivity index (χ0) is 23.9. The van der Waals surface area contributed by atoms with Crippen LogP contribution >= 0.6 is 0 Å².